The predicted octanol–water partition coefficient (Wildman–Crippen LogP) is 7.35. The van der Waals surface area contributed by atoms with Gasteiger partial charge >= 0.3 is 12.0 Å². The summed E-state index contributed by atoms with van der Waals surface area (Å²) in [6.07, 6.45) is 5.15. The van der Waals surface area contributed by atoms with Gasteiger partial charge in [-0.3, -0.25) is 9.59 Å². The standard InChI is InChI=1S/C32H36BrN3O5/c1-41-29-19-24(15-16-28(29)35-32(40)34-27-10-6-5-9-26(27)33)20-30(37)36(25-7-3-2-4-8-25)18-17-22-11-13-23(14-12-22)21-31(38)39/h2-10,15-16,19,22-23H,11-14,17-18,20-21H2,1H3,(H,38,39)(H2,34,35,40). The zero-order chi connectivity index (χ0) is 29.2. The van der Waals surface area contributed by atoms with Gasteiger partial charge in [-0.15, -0.1) is 0 Å². The van der Waals surface area contributed by atoms with Crippen LogP contribution in [0.4, 0.5) is 21.9 Å². The van der Waals surface area contributed by atoms with Crippen LogP contribution in [0, 0.1) is 11.8 Å². The van der Waals surface area contributed by atoms with Gasteiger partial charge in [-0.2, -0.15) is 0 Å². The Morgan fingerprint density at radius 2 is 1.56 bits per heavy atom. The number of rotatable bonds is 11. The molecular formula is C32H36BrN3O5. The molecule has 41 heavy (non-hydrogen) atoms. The second kappa shape index (κ2) is 14.7. The first-order chi connectivity index (χ1) is 19.8. The molecule has 0 spiro atoms. The summed E-state index contributed by atoms with van der Waals surface area (Å²) in [6.45, 7) is 0.600. The third-order valence-corrected chi connectivity index (χ3v) is 8.24. The molecule has 1 saturated carbocycles. The zero-order valence-corrected chi connectivity index (χ0v) is 24.7. The number of anilines is 3. The summed E-state index contributed by atoms with van der Waals surface area (Å²) < 4.78 is 6.30. The fraction of sp³-hybridized carbons (Fsp3) is 0.344. The van der Waals surface area contributed by atoms with E-state index < -0.39 is 12.0 Å². The Morgan fingerprint density at radius 3 is 2.24 bits per heavy atom. The van der Waals surface area contributed by atoms with Crippen molar-refractivity contribution in [3.05, 3.63) is 82.8 Å². The van der Waals surface area contributed by atoms with Crippen molar-refractivity contribution in [2.45, 2.75) is 44.9 Å². The summed E-state index contributed by atoms with van der Waals surface area (Å²) in [5.74, 6) is 0.451. The lowest BCUT2D eigenvalue weighted by atomic mass is 9.79. The van der Waals surface area contributed by atoms with Crippen LogP contribution in [0.25, 0.3) is 0 Å². The van der Waals surface area contributed by atoms with Crippen LogP contribution in [-0.2, 0) is 16.0 Å². The van der Waals surface area contributed by atoms with Gasteiger partial charge in [-0.1, -0.05) is 49.2 Å². The summed E-state index contributed by atoms with van der Waals surface area (Å²) >= 11 is 3.42. The van der Waals surface area contributed by atoms with Crippen LogP contribution in [0.5, 0.6) is 5.75 Å². The minimum atomic E-state index is -0.724. The third kappa shape index (κ3) is 8.82. The first-order valence-electron chi connectivity index (χ1n) is 13.9. The van der Waals surface area contributed by atoms with E-state index in [9.17, 15) is 14.4 Å². The summed E-state index contributed by atoms with van der Waals surface area (Å²) in [7, 11) is 1.53. The number of hydrogen-bond acceptors (Lipinski definition) is 4. The largest absolute Gasteiger partial charge is 0.495 e. The quantitative estimate of drug-likeness (QED) is 0.207. The number of amides is 3. The normalized spacial score (nSPS) is 16.4. The number of para-hydroxylation sites is 2. The fourth-order valence-electron chi connectivity index (χ4n) is 5.35. The molecule has 0 aromatic heterocycles. The Morgan fingerprint density at radius 1 is 0.902 bits per heavy atom. The van der Waals surface area contributed by atoms with Gasteiger partial charge in [-0.25, -0.2) is 4.79 Å². The van der Waals surface area contributed by atoms with E-state index in [0.717, 1.165) is 47.8 Å². The van der Waals surface area contributed by atoms with E-state index in [1.54, 1.807) is 18.2 Å². The van der Waals surface area contributed by atoms with E-state index in [4.69, 9.17) is 9.84 Å². The molecule has 3 N–H and O–H groups in total. The van der Waals surface area contributed by atoms with Crippen LogP contribution in [0.1, 0.15) is 44.1 Å². The SMILES string of the molecule is COc1cc(CC(=O)N(CCC2CCC(CC(=O)O)CC2)c2ccccc2)ccc1NC(=O)Nc1ccccc1Br. The molecule has 0 unspecified atom stereocenters. The van der Waals surface area contributed by atoms with Gasteiger partial charge in [0, 0.05) is 23.1 Å². The Balaban J connectivity index is 1.39. The van der Waals surface area contributed by atoms with E-state index in [0.29, 0.717) is 29.6 Å². The van der Waals surface area contributed by atoms with Crippen molar-refractivity contribution in [3.63, 3.8) is 0 Å². The van der Waals surface area contributed by atoms with Crippen LogP contribution < -0.4 is 20.3 Å². The molecule has 3 aromatic rings. The van der Waals surface area contributed by atoms with Crippen molar-refractivity contribution in [2.24, 2.45) is 11.8 Å². The van der Waals surface area contributed by atoms with Crippen LogP contribution in [0.15, 0.2) is 77.3 Å². The molecule has 0 radical (unpaired) electrons. The van der Waals surface area contributed by atoms with Gasteiger partial charge in [0.1, 0.15) is 5.75 Å². The number of carbonyl (C=O) groups is 3. The molecule has 1 fully saturated rings. The first kappa shape index (κ1) is 30.1. The maximum Gasteiger partial charge on any atom is 0.323 e. The van der Waals surface area contributed by atoms with Gasteiger partial charge in [0.2, 0.25) is 5.91 Å². The fourth-order valence-corrected chi connectivity index (χ4v) is 5.73. The molecular weight excluding hydrogens is 586 g/mol. The van der Waals surface area contributed by atoms with Crippen molar-refractivity contribution in [2.75, 3.05) is 29.2 Å². The second-order valence-electron chi connectivity index (χ2n) is 10.4. The number of halogens is 1. The Hall–Kier alpha value is -3.85. The highest BCUT2D eigenvalue weighted by Crippen LogP contribution is 2.33. The van der Waals surface area contributed by atoms with Crippen molar-refractivity contribution < 1.29 is 24.2 Å². The average Bonchev–Trinajstić information content (AvgIpc) is 2.96. The topological polar surface area (TPSA) is 108 Å². The molecule has 216 valence electrons. The molecule has 1 aliphatic carbocycles. The maximum absolute atomic E-state index is 13.6. The predicted molar refractivity (Wildman–Crippen MR) is 165 cm³/mol. The van der Waals surface area contributed by atoms with Crippen LogP contribution in [-0.4, -0.2) is 36.7 Å². The van der Waals surface area contributed by atoms with Crippen molar-refractivity contribution >= 4 is 50.9 Å². The first-order valence-corrected chi connectivity index (χ1v) is 14.7. The zero-order valence-electron chi connectivity index (χ0n) is 23.1. The second-order valence-corrected chi connectivity index (χ2v) is 11.3. The highest BCUT2D eigenvalue weighted by atomic mass is 79.9. The van der Waals surface area contributed by atoms with Crippen molar-refractivity contribution in [1.29, 1.82) is 0 Å². The lowest BCUT2D eigenvalue weighted by molar-refractivity contribution is -0.138. The monoisotopic (exact) mass is 621 g/mol. The van der Waals surface area contributed by atoms with E-state index in [-0.39, 0.29) is 24.7 Å². The number of methoxy groups -OCH3 is 1. The number of aliphatic carboxylic acids is 1. The molecule has 0 atom stereocenters. The van der Waals surface area contributed by atoms with Gasteiger partial charge in [0.25, 0.3) is 0 Å². The number of hydrogen-bond donors (Lipinski definition) is 3. The van der Waals surface area contributed by atoms with Gasteiger partial charge in [-0.05, 0) is 89.0 Å². The van der Waals surface area contributed by atoms with E-state index in [2.05, 4.69) is 26.6 Å². The van der Waals surface area contributed by atoms with E-state index >= 15 is 0 Å². The highest BCUT2D eigenvalue weighted by Gasteiger charge is 2.25. The Kier molecular flexibility index (Phi) is 10.8. The van der Waals surface area contributed by atoms with Crippen molar-refractivity contribution in [1.82, 2.24) is 0 Å². The molecule has 8 nitrogen and oxygen atoms in total. The molecule has 4 rings (SSSR count). The van der Waals surface area contributed by atoms with E-state index in [1.165, 1.54) is 7.11 Å². The Labute approximate surface area is 249 Å². The molecule has 1 aliphatic rings. The molecule has 3 aromatic carbocycles. The number of urea groups is 1. The van der Waals surface area contributed by atoms with Crippen LogP contribution in [0.3, 0.4) is 0 Å². The Bertz CT molecular complexity index is 1340. The number of benzene rings is 3. The number of carbonyl (C=O) groups excluding carboxylic acids is 2. The number of carboxylic acids is 1. The molecule has 3 amide bonds. The van der Waals surface area contributed by atoms with Gasteiger partial charge < -0.3 is 25.4 Å². The maximum atomic E-state index is 13.6. The minimum Gasteiger partial charge on any atom is -0.495 e. The van der Waals surface area contributed by atoms with Crippen LogP contribution in [0.2, 0.25) is 0 Å². The number of ether oxygens (including phenoxy) is 1. The molecule has 0 aliphatic heterocycles. The molecule has 0 heterocycles. The lowest BCUT2D eigenvalue weighted by Gasteiger charge is -2.30. The van der Waals surface area contributed by atoms with E-state index in [1.807, 2.05) is 59.5 Å². The summed E-state index contributed by atoms with van der Waals surface area (Å²) in [5, 5.41) is 14.7. The number of nitrogens with zero attached hydrogens (tertiary/aromatic N) is 1. The highest BCUT2D eigenvalue weighted by molar-refractivity contribution is 9.10. The summed E-state index contributed by atoms with van der Waals surface area (Å²) in [6, 6.07) is 21.9. The lowest BCUT2D eigenvalue weighted by Crippen LogP contribution is -2.34. The summed E-state index contributed by atoms with van der Waals surface area (Å²) in [5.41, 5.74) is 2.76. The van der Waals surface area contributed by atoms with Gasteiger partial charge in [0.15, 0.2) is 0 Å². The van der Waals surface area contributed by atoms with Crippen molar-refractivity contribution in [3.8, 4) is 5.75 Å². The third-order valence-electron chi connectivity index (χ3n) is 7.55. The molecule has 0 saturated heterocycles. The smallest absolute Gasteiger partial charge is 0.323 e. The van der Waals surface area contributed by atoms with Crippen LogP contribution >= 0.6 is 15.9 Å². The number of carboxylic acid groups (broad SMARTS) is 1. The molecule has 9 heteroatoms. The summed E-state index contributed by atoms with van der Waals surface area (Å²) in [4.78, 5) is 39.1. The van der Waals surface area contributed by atoms with Gasteiger partial charge in [0.05, 0.1) is 24.9 Å². The molecule has 0 bridgehead atoms. The number of nitrogens with one attached hydrogen (secondary N) is 2. The average molecular weight is 623 g/mol. The minimum absolute atomic E-state index is 0.0230.